The van der Waals surface area contributed by atoms with E-state index in [9.17, 15) is 0 Å². The zero-order valence-corrected chi connectivity index (χ0v) is 14.1. The molecule has 2 aromatic rings. The number of hydrogen-bond donors (Lipinski definition) is 1. The van der Waals surface area contributed by atoms with Gasteiger partial charge < -0.3 is 10.3 Å². The van der Waals surface area contributed by atoms with Gasteiger partial charge in [0.2, 0.25) is 0 Å². The molecular formula is C18H27N3. The van der Waals surface area contributed by atoms with Crippen molar-refractivity contribution < 1.29 is 0 Å². The van der Waals surface area contributed by atoms with Crippen LogP contribution < -0.4 is 5.73 Å². The standard InChI is InChI=1S/C18H27N3/c1-7-10-21-16(19)15(20-17(21)18(4,5)6)14-9-8-12(2)13(3)11-14/h8-9,11H,7,10,19H2,1-6H3. The molecule has 0 radical (unpaired) electrons. The normalized spacial score (nSPS) is 11.9. The van der Waals surface area contributed by atoms with Gasteiger partial charge in [0.1, 0.15) is 17.3 Å². The first-order chi connectivity index (χ1) is 9.75. The predicted molar refractivity (Wildman–Crippen MR) is 90.5 cm³/mol. The first-order valence-corrected chi connectivity index (χ1v) is 7.69. The Labute approximate surface area is 128 Å². The van der Waals surface area contributed by atoms with Gasteiger partial charge in [-0.05, 0) is 37.5 Å². The van der Waals surface area contributed by atoms with E-state index >= 15 is 0 Å². The molecule has 0 aliphatic heterocycles. The third-order valence-electron chi connectivity index (χ3n) is 3.91. The zero-order chi connectivity index (χ0) is 15.8. The molecule has 21 heavy (non-hydrogen) atoms. The van der Waals surface area contributed by atoms with Crippen LogP contribution in [-0.2, 0) is 12.0 Å². The smallest absolute Gasteiger partial charge is 0.131 e. The van der Waals surface area contributed by atoms with Gasteiger partial charge in [-0.25, -0.2) is 4.98 Å². The number of nitrogen functional groups attached to an aromatic ring is 1. The number of aromatic nitrogens is 2. The Morgan fingerprint density at radius 2 is 1.81 bits per heavy atom. The second kappa shape index (κ2) is 5.55. The van der Waals surface area contributed by atoms with Crippen LogP contribution in [0.5, 0.6) is 0 Å². The Kier molecular flexibility index (Phi) is 4.13. The lowest BCUT2D eigenvalue weighted by Crippen LogP contribution is -2.19. The Balaban J connectivity index is 2.61. The molecule has 0 atom stereocenters. The van der Waals surface area contributed by atoms with Crippen LogP contribution >= 0.6 is 0 Å². The molecule has 0 saturated heterocycles. The van der Waals surface area contributed by atoms with Gasteiger partial charge in [-0.15, -0.1) is 0 Å². The van der Waals surface area contributed by atoms with Gasteiger partial charge in [0.25, 0.3) is 0 Å². The lowest BCUT2D eigenvalue weighted by atomic mass is 9.95. The lowest BCUT2D eigenvalue weighted by molar-refractivity contribution is 0.498. The molecule has 0 bridgehead atoms. The first-order valence-electron chi connectivity index (χ1n) is 7.69. The summed E-state index contributed by atoms with van der Waals surface area (Å²) in [5.74, 6) is 1.85. The molecule has 0 saturated carbocycles. The molecule has 2 N–H and O–H groups in total. The van der Waals surface area contributed by atoms with Gasteiger partial charge in [0.05, 0.1) is 0 Å². The highest BCUT2D eigenvalue weighted by molar-refractivity contribution is 5.72. The Morgan fingerprint density at radius 3 is 2.33 bits per heavy atom. The van der Waals surface area contributed by atoms with E-state index in [0.717, 1.165) is 35.9 Å². The molecule has 1 aromatic heterocycles. The Bertz CT molecular complexity index is 645. The van der Waals surface area contributed by atoms with Gasteiger partial charge in [-0.1, -0.05) is 39.8 Å². The van der Waals surface area contributed by atoms with Crippen molar-refractivity contribution in [1.82, 2.24) is 9.55 Å². The minimum absolute atomic E-state index is 0.0126. The minimum Gasteiger partial charge on any atom is -0.383 e. The fourth-order valence-corrected chi connectivity index (χ4v) is 2.59. The highest BCUT2D eigenvalue weighted by Crippen LogP contribution is 2.32. The van der Waals surface area contributed by atoms with Crippen molar-refractivity contribution in [2.24, 2.45) is 0 Å². The molecule has 0 aliphatic carbocycles. The number of nitrogens with two attached hydrogens (primary N) is 1. The number of hydrogen-bond acceptors (Lipinski definition) is 2. The van der Waals surface area contributed by atoms with E-state index in [1.165, 1.54) is 11.1 Å². The molecule has 0 aliphatic rings. The van der Waals surface area contributed by atoms with E-state index < -0.39 is 0 Å². The topological polar surface area (TPSA) is 43.8 Å². The summed E-state index contributed by atoms with van der Waals surface area (Å²) >= 11 is 0. The maximum atomic E-state index is 6.41. The van der Waals surface area contributed by atoms with E-state index in [-0.39, 0.29) is 5.41 Å². The van der Waals surface area contributed by atoms with Crippen LogP contribution in [0.1, 0.15) is 51.1 Å². The fraction of sp³-hybridized carbons (Fsp3) is 0.500. The van der Waals surface area contributed by atoms with Crippen LogP contribution in [0.2, 0.25) is 0 Å². The molecule has 0 spiro atoms. The van der Waals surface area contributed by atoms with E-state index in [4.69, 9.17) is 10.7 Å². The van der Waals surface area contributed by atoms with E-state index in [0.29, 0.717) is 0 Å². The number of aryl methyl sites for hydroxylation is 2. The van der Waals surface area contributed by atoms with Crippen molar-refractivity contribution in [2.75, 3.05) is 5.73 Å². The fourth-order valence-electron chi connectivity index (χ4n) is 2.59. The molecule has 0 amide bonds. The highest BCUT2D eigenvalue weighted by Gasteiger charge is 2.25. The average Bonchev–Trinajstić information content (AvgIpc) is 2.71. The van der Waals surface area contributed by atoms with E-state index in [2.05, 4.69) is 64.3 Å². The quantitative estimate of drug-likeness (QED) is 0.905. The maximum Gasteiger partial charge on any atom is 0.131 e. The minimum atomic E-state index is -0.0126. The summed E-state index contributed by atoms with van der Waals surface area (Å²) < 4.78 is 2.17. The number of benzene rings is 1. The third-order valence-corrected chi connectivity index (χ3v) is 3.91. The van der Waals surface area contributed by atoms with Crippen LogP contribution in [0.3, 0.4) is 0 Å². The lowest BCUT2D eigenvalue weighted by Gasteiger charge is -2.19. The van der Waals surface area contributed by atoms with Gasteiger partial charge in [0, 0.05) is 17.5 Å². The summed E-state index contributed by atoms with van der Waals surface area (Å²) in [4.78, 5) is 4.88. The largest absolute Gasteiger partial charge is 0.383 e. The molecule has 1 aromatic carbocycles. The van der Waals surface area contributed by atoms with Crippen molar-refractivity contribution in [3.05, 3.63) is 35.2 Å². The van der Waals surface area contributed by atoms with Gasteiger partial charge in [0.15, 0.2) is 0 Å². The molecule has 0 fully saturated rings. The number of rotatable bonds is 3. The monoisotopic (exact) mass is 285 g/mol. The van der Waals surface area contributed by atoms with Gasteiger partial charge in [-0.3, -0.25) is 0 Å². The molecule has 114 valence electrons. The molecular weight excluding hydrogens is 258 g/mol. The van der Waals surface area contributed by atoms with Crippen LogP contribution in [0.15, 0.2) is 18.2 Å². The van der Waals surface area contributed by atoms with Crippen molar-refractivity contribution in [2.45, 2.75) is 59.9 Å². The van der Waals surface area contributed by atoms with Crippen LogP contribution in [0.25, 0.3) is 11.3 Å². The third kappa shape index (κ3) is 2.97. The predicted octanol–water partition coefficient (Wildman–Crippen LogP) is 4.46. The number of nitrogens with zero attached hydrogens (tertiary/aromatic N) is 2. The summed E-state index contributed by atoms with van der Waals surface area (Å²) in [6.45, 7) is 13.9. The van der Waals surface area contributed by atoms with E-state index in [1.807, 2.05) is 0 Å². The number of anilines is 1. The number of imidazole rings is 1. The summed E-state index contributed by atoms with van der Waals surface area (Å²) in [6.07, 6.45) is 1.05. The van der Waals surface area contributed by atoms with Gasteiger partial charge in [-0.2, -0.15) is 0 Å². The molecule has 3 heteroatoms. The molecule has 1 heterocycles. The molecule has 0 unspecified atom stereocenters. The van der Waals surface area contributed by atoms with Crippen LogP contribution in [0, 0.1) is 13.8 Å². The van der Waals surface area contributed by atoms with Crippen molar-refractivity contribution >= 4 is 5.82 Å². The summed E-state index contributed by atoms with van der Waals surface area (Å²) in [6, 6.07) is 6.43. The summed E-state index contributed by atoms with van der Waals surface area (Å²) in [5, 5.41) is 0. The van der Waals surface area contributed by atoms with Crippen LogP contribution in [-0.4, -0.2) is 9.55 Å². The second-order valence-corrected chi connectivity index (χ2v) is 6.87. The summed E-state index contributed by atoms with van der Waals surface area (Å²) in [7, 11) is 0. The van der Waals surface area contributed by atoms with Crippen molar-refractivity contribution in [3.8, 4) is 11.3 Å². The highest BCUT2D eigenvalue weighted by atomic mass is 15.1. The van der Waals surface area contributed by atoms with Crippen LogP contribution in [0.4, 0.5) is 5.82 Å². The summed E-state index contributed by atoms with van der Waals surface area (Å²) in [5.41, 5.74) is 11.0. The molecule has 2 rings (SSSR count). The zero-order valence-electron chi connectivity index (χ0n) is 14.1. The van der Waals surface area contributed by atoms with E-state index in [1.54, 1.807) is 0 Å². The Morgan fingerprint density at radius 1 is 1.14 bits per heavy atom. The van der Waals surface area contributed by atoms with Gasteiger partial charge >= 0.3 is 0 Å². The first kappa shape index (κ1) is 15.6. The average molecular weight is 285 g/mol. The van der Waals surface area contributed by atoms with Crippen molar-refractivity contribution in [1.29, 1.82) is 0 Å². The second-order valence-electron chi connectivity index (χ2n) is 6.87. The Hall–Kier alpha value is -1.77. The van der Waals surface area contributed by atoms with Crippen molar-refractivity contribution in [3.63, 3.8) is 0 Å². The SMILES string of the molecule is CCCn1c(C(C)(C)C)nc(-c2ccc(C)c(C)c2)c1N. The molecule has 3 nitrogen and oxygen atoms in total. The maximum absolute atomic E-state index is 6.41.